The van der Waals surface area contributed by atoms with Gasteiger partial charge in [-0.25, -0.2) is 0 Å². The van der Waals surface area contributed by atoms with Gasteiger partial charge in [-0.15, -0.1) is 11.3 Å². The maximum Gasteiger partial charge on any atom is 0.234 e. The quantitative estimate of drug-likeness (QED) is 0.885. The molecule has 0 spiro atoms. The SMILES string of the molecule is C[C@@H]1CCCN(CC(=O)NCCc2cccs2)C1. The highest BCUT2D eigenvalue weighted by Crippen LogP contribution is 2.14. The van der Waals surface area contributed by atoms with Gasteiger partial charge in [-0.3, -0.25) is 9.69 Å². The number of piperidine rings is 1. The minimum Gasteiger partial charge on any atom is -0.355 e. The molecule has 1 aromatic rings. The van der Waals surface area contributed by atoms with Crippen LogP contribution in [0.4, 0.5) is 0 Å². The first-order valence-corrected chi connectivity index (χ1v) is 7.63. The Morgan fingerprint density at radius 2 is 2.50 bits per heavy atom. The predicted octanol–water partition coefficient (Wildman–Crippen LogP) is 2.14. The van der Waals surface area contributed by atoms with E-state index in [1.54, 1.807) is 11.3 Å². The lowest BCUT2D eigenvalue weighted by Crippen LogP contribution is -2.42. The Bertz CT molecular complexity index is 364. The fourth-order valence-corrected chi connectivity index (χ4v) is 3.18. The summed E-state index contributed by atoms with van der Waals surface area (Å²) >= 11 is 1.75. The van der Waals surface area contributed by atoms with E-state index in [2.05, 4.69) is 34.7 Å². The van der Waals surface area contributed by atoms with Gasteiger partial charge in [0.05, 0.1) is 6.54 Å². The van der Waals surface area contributed by atoms with Crippen molar-refractivity contribution in [3.63, 3.8) is 0 Å². The van der Waals surface area contributed by atoms with Crippen molar-refractivity contribution in [2.75, 3.05) is 26.2 Å². The van der Waals surface area contributed by atoms with E-state index < -0.39 is 0 Å². The average molecular weight is 266 g/mol. The van der Waals surface area contributed by atoms with Crippen LogP contribution in [0, 0.1) is 5.92 Å². The Hall–Kier alpha value is -0.870. The first-order chi connectivity index (χ1) is 8.74. The number of rotatable bonds is 5. The molecule has 100 valence electrons. The number of likely N-dealkylation sites (tertiary alicyclic amines) is 1. The molecule has 1 aliphatic heterocycles. The molecule has 1 N–H and O–H groups in total. The van der Waals surface area contributed by atoms with E-state index in [0.29, 0.717) is 6.54 Å². The fraction of sp³-hybridized carbons (Fsp3) is 0.643. The van der Waals surface area contributed by atoms with Crippen LogP contribution < -0.4 is 5.32 Å². The average Bonchev–Trinajstić information content (AvgIpc) is 2.82. The highest BCUT2D eigenvalue weighted by Gasteiger charge is 2.18. The van der Waals surface area contributed by atoms with E-state index in [9.17, 15) is 4.79 Å². The van der Waals surface area contributed by atoms with Crippen molar-refractivity contribution < 1.29 is 4.79 Å². The molecule has 0 radical (unpaired) electrons. The molecule has 1 fully saturated rings. The summed E-state index contributed by atoms with van der Waals surface area (Å²) < 4.78 is 0. The second kappa shape index (κ2) is 6.90. The van der Waals surface area contributed by atoms with Gasteiger partial charge in [0.2, 0.25) is 5.91 Å². The number of hydrogen-bond donors (Lipinski definition) is 1. The maximum atomic E-state index is 11.8. The Morgan fingerprint density at radius 3 is 3.22 bits per heavy atom. The first kappa shape index (κ1) is 13.6. The predicted molar refractivity (Wildman–Crippen MR) is 75.9 cm³/mol. The molecule has 1 amide bonds. The van der Waals surface area contributed by atoms with Gasteiger partial charge in [-0.2, -0.15) is 0 Å². The van der Waals surface area contributed by atoms with E-state index in [4.69, 9.17) is 0 Å². The first-order valence-electron chi connectivity index (χ1n) is 6.75. The van der Waals surface area contributed by atoms with Crippen LogP contribution >= 0.6 is 11.3 Å². The number of amides is 1. The Morgan fingerprint density at radius 1 is 1.61 bits per heavy atom. The monoisotopic (exact) mass is 266 g/mol. The van der Waals surface area contributed by atoms with Crippen LogP contribution in [0.2, 0.25) is 0 Å². The molecule has 1 aromatic heterocycles. The third-order valence-corrected chi connectivity index (χ3v) is 4.32. The molecule has 0 saturated carbocycles. The Balaban J connectivity index is 1.62. The van der Waals surface area contributed by atoms with Gasteiger partial charge in [-0.1, -0.05) is 13.0 Å². The number of thiophene rings is 1. The van der Waals surface area contributed by atoms with Crippen LogP contribution in [0.5, 0.6) is 0 Å². The lowest BCUT2D eigenvalue weighted by atomic mass is 10.0. The third-order valence-electron chi connectivity index (χ3n) is 3.38. The van der Waals surface area contributed by atoms with Crippen molar-refractivity contribution in [3.05, 3.63) is 22.4 Å². The summed E-state index contributed by atoms with van der Waals surface area (Å²) in [5, 5.41) is 5.08. The second-order valence-electron chi connectivity index (χ2n) is 5.16. The number of carbonyl (C=O) groups is 1. The molecule has 0 unspecified atom stereocenters. The van der Waals surface area contributed by atoms with E-state index in [1.165, 1.54) is 17.7 Å². The van der Waals surface area contributed by atoms with Gasteiger partial charge in [0.1, 0.15) is 0 Å². The minimum absolute atomic E-state index is 0.167. The highest BCUT2D eigenvalue weighted by molar-refractivity contribution is 7.09. The second-order valence-corrected chi connectivity index (χ2v) is 6.19. The van der Waals surface area contributed by atoms with E-state index >= 15 is 0 Å². The summed E-state index contributed by atoms with van der Waals surface area (Å²) in [5.74, 6) is 0.901. The van der Waals surface area contributed by atoms with Crippen LogP contribution in [-0.4, -0.2) is 37.0 Å². The summed E-state index contributed by atoms with van der Waals surface area (Å²) in [6, 6.07) is 4.17. The molecular formula is C14H22N2OS. The third kappa shape index (κ3) is 4.42. The highest BCUT2D eigenvalue weighted by atomic mass is 32.1. The van der Waals surface area contributed by atoms with Gasteiger partial charge in [0, 0.05) is 18.0 Å². The van der Waals surface area contributed by atoms with Crippen molar-refractivity contribution in [1.29, 1.82) is 0 Å². The normalized spacial score (nSPS) is 20.8. The summed E-state index contributed by atoms with van der Waals surface area (Å²) in [6.45, 7) is 5.72. The summed E-state index contributed by atoms with van der Waals surface area (Å²) in [4.78, 5) is 15.4. The molecule has 0 aliphatic carbocycles. The minimum atomic E-state index is 0.167. The largest absolute Gasteiger partial charge is 0.355 e. The molecule has 2 rings (SSSR count). The lowest BCUT2D eigenvalue weighted by Gasteiger charge is -2.30. The fourth-order valence-electron chi connectivity index (χ4n) is 2.47. The topological polar surface area (TPSA) is 32.3 Å². The van der Waals surface area contributed by atoms with Crippen molar-refractivity contribution in [3.8, 4) is 0 Å². The van der Waals surface area contributed by atoms with Gasteiger partial charge in [0.15, 0.2) is 0 Å². The van der Waals surface area contributed by atoms with Crippen LogP contribution in [-0.2, 0) is 11.2 Å². The van der Waals surface area contributed by atoms with Gasteiger partial charge < -0.3 is 5.32 Å². The Labute approximate surface area is 113 Å². The summed E-state index contributed by atoms with van der Waals surface area (Å²) in [5.41, 5.74) is 0. The molecule has 0 aromatic carbocycles. The zero-order valence-corrected chi connectivity index (χ0v) is 11.8. The zero-order chi connectivity index (χ0) is 12.8. The van der Waals surface area contributed by atoms with E-state index in [-0.39, 0.29) is 5.91 Å². The van der Waals surface area contributed by atoms with Gasteiger partial charge in [0.25, 0.3) is 0 Å². The van der Waals surface area contributed by atoms with Crippen LogP contribution in [0.3, 0.4) is 0 Å². The molecule has 1 saturated heterocycles. The number of nitrogens with zero attached hydrogens (tertiary/aromatic N) is 1. The van der Waals surface area contributed by atoms with Gasteiger partial charge in [-0.05, 0) is 43.2 Å². The molecule has 3 nitrogen and oxygen atoms in total. The Kier molecular flexibility index (Phi) is 5.20. The molecule has 4 heteroatoms. The van der Waals surface area contributed by atoms with E-state index in [1.807, 2.05) is 0 Å². The van der Waals surface area contributed by atoms with Crippen molar-refractivity contribution >= 4 is 17.2 Å². The number of hydrogen-bond acceptors (Lipinski definition) is 3. The zero-order valence-electron chi connectivity index (χ0n) is 11.0. The van der Waals surface area contributed by atoms with Crippen LogP contribution in [0.1, 0.15) is 24.6 Å². The molecular weight excluding hydrogens is 244 g/mol. The molecule has 18 heavy (non-hydrogen) atoms. The number of nitrogens with one attached hydrogen (secondary N) is 1. The lowest BCUT2D eigenvalue weighted by molar-refractivity contribution is -0.122. The maximum absolute atomic E-state index is 11.8. The van der Waals surface area contributed by atoms with E-state index in [0.717, 1.165) is 32.0 Å². The van der Waals surface area contributed by atoms with Crippen molar-refractivity contribution in [2.45, 2.75) is 26.2 Å². The van der Waals surface area contributed by atoms with Crippen LogP contribution in [0.15, 0.2) is 17.5 Å². The smallest absolute Gasteiger partial charge is 0.234 e. The van der Waals surface area contributed by atoms with Gasteiger partial charge >= 0.3 is 0 Å². The molecule has 1 atom stereocenters. The molecule has 2 heterocycles. The molecule has 0 bridgehead atoms. The van der Waals surface area contributed by atoms with Crippen molar-refractivity contribution in [1.82, 2.24) is 10.2 Å². The molecule has 1 aliphatic rings. The standard InChI is InChI=1S/C14H22N2OS/c1-12-4-2-8-16(10-12)11-14(17)15-7-6-13-5-3-9-18-13/h3,5,9,12H,2,4,6-8,10-11H2,1H3,(H,15,17)/t12-/m1/s1. The summed E-state index contributed by atoms with van der Waals surface area (Å²) in [7, 11) is 0. The number of carbonyl (C=O) groups excluding carboxylic acids is 1. The van der Waals surface area contributed by atoms with Crippen LogP contribution in [0.25, 0.3) is 0 Å². The summed E-state index contributed by atoms with van der Waals surface area (Å²) in [6.07, 6.45) is 3.47. The van der Waals surface area contributed by atoms with Crippen molar-refractivity contribution in [2.24, 2.45) is 5.92 Å².